The molecule has 1 amide bonds. The predicted molar refractivity (Wildman–Crippen MR) is 73.9 cm³/mol. The molecule has 1 rings (SSSR count). The molecule has 18 heavy (non-hydrogen) atoms. The van der Waals surface area contributed by atoms with Crippen molar-refractivity contribution in [3.05, 3.63) is 30.3 Å². The van der Waals surface area contributed by atoms with Crippen LogP contribution in [0.5, 0.6) is 0 Å². The molecule has 0 aliphatic carbocycles. The normalized spacial score (nSPS) is 11.8. The lowest BCUT2D eigenvalue weighted by Crippen LogP contribution is -2.13. The Labute approximate surface area is 111 Å². The average molecular weight is 267 g/mol. The highest BCUT2D eigenvalue weighted by molar-refractivity contribution is 7.99. The van der Waals surface area contributed by atoms with Crippen LogP contribution < -0.4 is 5.32 Å². The number of carbonyl (C=O) groups is 2. The minimum atomic E-state index is -0.802. The van der Waals surface area contributed by atoms with Crippen molar-refractivity contribution < 1.29 is 14.7 Å². The van der Waals surface area contributed by atoms with Crippen molar-refractivity contribution in [2.75, 3.05) is 11.1 Å². The number of nitrogens with one attached hydrogen (secondary N) is 1. The van der Waals surface area contributed by atoms with Gasteiger partial charge in [0.15, 0.2) is 0 Å². The second kappa shape index (κ2) is 7.76. The van der Waals surface area contributed by atoms with E-state index in [9.17, 15) is 9.59 Å². The molecule has 1 aromatic carbocycles. The SMILES string of the molecule is CC(CC(=O)O)SCCC(=O)Nc1ccccc1. The largest absolute Gasteiger partial charge is 0.481 e. The number of thioether (sulfide) groups is 1. The van der Waals surface area contributed by atoms with Gasteiger partial charge in [0.05, 0.1) is 6.42 Å². The first-order chi connectivity index (χ1) is 8.58. The van der Waals surface area contributed by atoms with Crippen molar-refractivity contribution in [2.24, 2.45) is 0 Å². The van der Waals surface area contributed by atoms with Crippen LogP contribution in [0, 0.1) is 0 Å². The van der Waals surface area contributed by atoms with E-state index in [1.807, 2.05) is 37.3 Å². The molecule has 98 valence electrons. The molecule has 0 bridgehead atoms. The van der Waals surface area contributed by atoms with Crippen LogP contribution in [0.1, 0.15) is 19.8 Å². The number of carboxylic acid groups (broad SMARTS) is 1. The quantitative estimate of drug-likeness (QED) is 0.797. The fraction of sp³-hybridized carbons (Fsp3) is 0.385. The number of carbonyl (C=O) groups excluding carboxylic acids is 1. The molecule has 0 aliphatic heterocycles. The molecule has 0 radical (unpaired) electrons. The van der Waals surface area contributed by atoms with Crippen molar-refractivity contribution >= 4 is 29.3 Å². The van der Waals surface area contributed by atoms with Crippen molar-refractivity contribution in [3.63, 3.8) is 0 Å². The number of amides is 1. The number of anilines is 1. The molecule has 1 unspecified atom stereocenters. The number of aliphatic carboxylic acids is 1. The lowest BCUT2D eigenvalue weighted by Gasteiger charge is -2.08. The number of para-hydroxylation sites is 1. The number of hydrogen-bond acceptors (Lipinski definition) is 3. The number of hydrogen-bond donors (Lipinski definition) is 2. The maximum Gasteiger partial charge on any atom is 0.304 e. The van der Waals surface area contributed by atoms with Gasteiger partial charge in [-0.05, 0) is 12.1 Å². The van der Waals surface area contributed by atoms with Crippen LogP contribution in [0.3, 0.4) is 0 Å². The summed E-state index contributed by atoms with van der Waals surface area (Å²) in [6, 6.07) is 9.27. The molecule has 2 N–H and O–H groups in total. The predicted octanol–water partition coefficient (Wildman–Crippen LogP) is 2.61. The van der Waals surface area contributed by atoms with E-state index in [1.54, 1.807) is 0 Å². The van der Waals surface area contributed by atoms with Crippen molar-refractivity contribution in [1.29, 1.82) is 0 Å². The molecule has 0 saturated heterocycles. The van der Waals surface area contributed by atoms with Crippen LogP contribution in [0.25, 0.3) is 0 Å². The van der Waals surface area contributed by atoms with Gasteiger partial charge in [-0.3, -0.25) is 9.59 Å². The Kier molecular flexibility index (Phi) is 6.28. The third-order valence-electron chi connectivity index (χ3n) is 2.25. The molecule has 0 aromatic heterocycles. The summed E-state index contributed by atoms with van der Waals surface area (Å²) < 4.78 is 0. The maximum atomic E-state index is 11.6. The number of rotatable bonds is 7. The van der Waals surface area contributed by atoms with E-state index in [1.165, 1.54) is 11.8 Å². The van der Waals surface area contributed by atoms with Gasteiger partial charge < -0.3 is 10.4 Å². The van der Waals surface area contributed by atoms with Crippen LogP contribution >= 0.6 is 11.8 Å². The monoisotopic (exact) mass is 267 g/mol. The summed E-state index contributed by atoms with van der Waals surface area (Å²) in [6.07, 6.45) is 0.522. The lowest BCUT2D eigenvalue weighted by molar-refractivity contribution is -0.136. The molecule has 0 spiro atoms. The lowest BCUT2D eigenvalue weighted by atomic mass is 10.3. The molecule has 1 aromatic rings. The zero-order valence-electron chi connectivity index (χ0n) is 10.3. The highest BCUT2D eigenvalue weighted by Gasteiger charge is 2.09. The van der Waals surface area contributed by atoms with E-state index in [-0.39, 0.29) is 17.6 Å². The topological polar surface area (TPSA) is 66.4 Å². The molecule has 0 saturated carbocycles. The third kappa shape index (κ3) is 6.30. The fourth-order valence-corrected chi connectivity index (χ4v) is 2.37. The number of carboxylic acids is 1. The fourth-order valence-electron chi connectivity index (χ4n) is 1.40. The molecule has 1 atom stereocenters. The first-order valence-corrected chi connectivity index (χ1v) is 6.81. The summed E-state index contributed by atoms with van der Waals surface area (Å²) in [6.45, 7) is 1.86. The summed E-state index contributed by atoms with van der Waals surface area (Å²) in [5.41, 5.74) is 0.783. The highest BCUT2D eigenvalue weighted by Crippen LogP contribution is 2.15. The minimum Gasteiger partial charge on any atom is -0.481 e. The van der Waals surface area contributed by atoms with Crippen molar-refractivity contribution in [1.82, 2.24) is 0 Å². The van der Waals surface area contributed by atoms with Gasteiger partial charge >= 0.3 is 5.97 Å². The van der Waals surface area contributed by atoms with Crippen LogP contribution in [0.2, 0.25) is 0 Å². The summed E-state index contributed by atoms with van der Waals surface area (Å²) in [5, 5.41) is 11.4. The number of benzene rings is 1. The van der Waals surface area contributed by atoms with E-state index in [0.717, 1.165) is 5.69 Å². The Hall–Kier alpha value is -1.49. The van der Waals surface area contributed by atoms with Gasteiger partial charge in [0.2, 0.25) is 5.91 Å². The standard InChI is InChI=1S/C13H17NO3S/c1-10(9-13(16)17)18-8-7-12(15)14-11-5-3-2-4-6-11/h2-6,10H,7-9H2,1H3,(H,14,15)(H,16,17). The summed E-state index contributed by atoms with van der Waals surface area (Å²) in [5.74, 6) is -0.215. The Morgan fingerprint density at radius 3 is 2.61 bits per heavy atom. The first kappa shape index (κ1) is 14.6. The van der Waals surface area contributed by atoms with Gasteiger partial charge in [-0.25, -0.2) is 0 Å². The maximum absolute atomic E-state index is 11.6. The van der Waals surface area contributed by atoms with E-state index in [0.29, 0.717) is 12.2 Å². The zero-order chi connectivity index (χ0) is 13.4. The second-order valence-electron chi connectivity index (χ2n) is 3.94. The van der Waals surface area contributed by atoms with Gasteiger partial charge in [0, 0.05) is 23.1 Å². The van der Waals surface area contributed by atoms with E-state index in [2.05, 4.69) is 5.32 Å². The van der Waals surface area contributed by atoms with Crippen LogP contribution in [-0.4, -0.2) is 28.0 Å². The second-order valence-corrected chi connectivity index (χ2v) is 5.49. The minimum absolute atomic E-state index is 0.0343. The smallest absolute Gasteiger partial charge is 0.304 e. The van der Waals surface area contributed by atoms with Gasteiger partial charge in [0.25, 0.3) is 0 Å². The molecule has 0 fully saturated rings. The average Bonchev–Trinajstić information content (AvgIpc) is 2.29. The first-order valence-electron chi connectivity index (χ1n) is 5.76. The highest BCUT2D eigenvalue weighted by atomic mass is 32.2. The molecular formula is C13H17NO3S. The molecule has 0 heterocycles. The van der Waals surface area contributed by atoms with Gasteiger partial charge in [-0.1, -0.05) is 25.1 Å². The van der Waals surface area contributed by atoms with Gasteiger partial charge in [-0.2, -0.15) is 11.8 Å². The Morgan fingerprint density at radius 2 is 2.00 bits per heavy atom. The van der Waals surface area contributed by atoms with E-state index >= 15 is 0 Å². The summed E-state index contributed by atoms with van der Waals surface area (Å²) >= 11 is 1.50. The van der Waals surface area contributed by atoms with E-state index < -0.39 is 5.97 Å². The Bertz CT molecular complexity index is 394. The van der Waals surface area contributed by atoms with E-state index in [4.69, 9.17) is 5.11 Å². The molecule has 4 nitrogen and oxygen atoms in total. The summed E-state index contributed by atoms with van der Waals surface area (Å²) in [4.78, 5) is 22.0. The van der Waals surface area contributed by atoms with Crippen molar-refractivity contribution in [3.8, 4) is 0 Å². The molecule has 0 aliphatic rings. The van der Waals surface area contributed by atoms with Crippen LogP contribution in [0.15, 0.2) is 30.3 Å². The van der Waals surface area contributed by atoms with Gasteiger partial charge in [-0.15, -0.1) is 0 Å². The molecule has 5 heteroatoms. The Morgan fingerprint density at radius 1 is 1.33 bits per heavy atom. The third-order valence-corrected chi connectivity index (χ3v) is 3.43. The molecular weight excluding hydrogens is 250 g/mol. The summed E-state index contributed by atoms with van der Waals surface area (Å²) in [7, 11) is 0. The van der Waals surface area contributed by atoms with Crippen molar-refractivity contribution in [2.45, 2.75) is 25.0 Å². The van der Waals surface area contributed by atoms with Crippen LogP contribution in [0.4, 0.5) is 5.69 Å². The van der Waals surface area contributed by atoms with Crippen LogP contribution in [-0.2, 0) is 9.59 Å². The zero-order valence-corrected chi connectivity index (χ0v) is 11.1. The van der Waals surface area contributed by atoms with Gasteiger partial charge in [0.1, 0.15) is 0 Å². The Balaban J connectivity index is 2.20.